The van der Waals surface area contributed by atoms with E-state index in [0.717, 1.165) is 0 Å². The van der Waals surface area contributed by atoms with E-state index in [1.54, 1.807) is 41.3 Å². The number of benzene rings is 2. The maximum Gasteiger partial charge on any atom is 2.00 e. The molecular formula is C17H18ClMgNO3. The van der Waals surface area contributed by atoms with Gasteiger partial charge < -0.3 is 27.2 Å². The van der Waals surface area contributed by atoms with Gasteiger partial charge in [0, 0.05) is 18.7 Å². The summed E-state index contributed by atoms with van der Waals surface area (Å²) in [5.74, 6) is 0.307. The van der Waals surface area contributed by atoms with Gasteiger partial charge in [-0.25, -0.2) is 4.79 Å². The Morgan fingerprint density at radius 2 is 1.52 bits per heavy atom. The molecule has 0 unspecified atom stereocenters. The summed E-state index contributed by atoms with van der Waals surface area (Å²) >= 11 is 0. The van der Waals surface area contributed by atoms with Crippen molar-refractivity contribution in [2.45, 2.75) is 13.8 Å². The van der Waals surface area contributed by atoms with Crippen molar-refractivity contribution < 1.29 is 27.0 Å². The summed E-state index contributed by atoms with van der Waals surface area (Å²) in [6.45, 7) is 4.94. The molecule has 0 atom stereocenters. The smallest absolute Gasteiger partial charge is 1.00 e. The van der Waals surface area contributed by atoms with Crippen LogP contribution in [0.2, 0.25) is 0 Å². The van der Waals surface area contributed by atoms with Crippen LogP contribution in [0, 0.1) is 0 Å². The van der Waals surface area contributed by atoms with E-state index in [1.807, 2.05) is 19.9 Å². The molecule has 0 aliphatic carbocycles. The Bertz CT molecular complexity index is 633. The van der Waals surface area contributed by atoms with E-state index < -0.39 is 6.09 Å². The third kappa shape index (κ3) is 5.30. The van der Waals surface area contributed by atoms with Crippen LogP contribution in [0.5, 0.6) is 11.5 Å². The molecule has 0 saturated carbocycles. The first-order valence-corrected chi connectivity index (χ1v) is 6.99. The zero-order chi connectivity index (χ0) is 15.2. The predicted octanol–water partition coefficient (Wildman–Crippen LogP) is -0.109. The van der Waals surface area contributed by atoms with E-state index in [1.165, 1.54) is 6.07 Å². The maximum atomic E-state index is 12.1. The minimum absolute atomic E-state index is 0. The molecule has 0 radical (unpaired) electrons. The molecule has 118 valence electrons. The number of para-hydroxylation sites is 2. The van der Waals surface area contributed by atoms with Crippen molar-refractivity contribution in [1.82, 2.24) is 4.90 Å². The van der Waals surface area contributed by atoms with Gasteiger partial charge in [0.25, 0.3) is 0 Å². The van der Waals surface area contributed by atoms with Crippen LogP contribution in [-0.4, -0.2) is 47.1 Å². The molecule has 0 fully saturated rings. The SMILES string of the molecule is CCN(CC)C(=O)Oc1ccccc1-c1ccccc1[O-].[Cl-].[Mg+2]. The summed E-state index contributed by atoms with van der Waals surface area (Å²) in [5.41, 5.74) is 1.16. The minimum Gasteiger partial charge on any atom is -1.00 e. The molecule has 0 heterocycles. The molecule has 1 amide bonds. The van der Waals surface area contributed by atoms with E-state index in [-0.39, 0.29) is 41.2 Å². The van der Waals surface area contributed by atoms with Crippen LogP contribution in [0.25, 0.3) is 11.1 Å². The number of nitrogens with zero attached hydrogens (tertiary/aromatic N) is 1. The van der Waals surface area contributed by atoms with Gasteiger partial charge in [-0.1, -0.05) is 42.5 Å². The largest absolute Gasteiger partial charge is 2.00 e. The van der Waals surface area contributed by atoms with Crippen LogP contribution in [0.15, 0.2) is 48.5 Å². The van der Waals surface area contributed by atoms with E-state index >= 15 is 0 Å². The molecule has 0 aromatic heterocycles. The van der Waals surface area contributed by atoms with E-state index in [0.29, 0.717) is 30.0 Å². The van der Waals surface area contributed by atoms with Crippen molar-refractivity contribution in [3.63, 3.8) is 0 Å². The van der Waals surface area contributed by atoms with Gasteiger partial charge in [0.1, 0.15) is 5.75 Å². The van der Waals surface area contributed by atoms with Gasteiger partial charge in [-0.2, -0.15) is 0 Å². The molecule has 2 rings (SSSR count). The molecule has 23 heavy (non-hydrogen) atoms. The summed E-state index contributed by atoms with van der Waals surface area (Å²) in [7, 11) is 0. The van der Waals surface area contributed by atoms with Crippen LogP contribution >= 0.6 is 0 Å². The van der Waals surface area contributed by atoms with Crippen molar-refractivity contribution in [3.05, 3.63) is 48.5 Å². The second kappa shape index (κ2) is 10.4. The Hall–Kier alpha value is -1.43. The summed E-state index contributed by atoms with van der Waals surface area (Å²) in [5, 5.41) is 12.0. The number of amides is 1. The summed E-state index contributed by atoms with van der Waals surface area (Å²) in [6, 6.07) is 13.8. The van der Waals surface area contributed by atoms with Gasteiger partial charge in [0.15, 0.2) is 0 Å². The fraction of sp³-hybridized carbons (Fsp3) is 0.235. The Morgan fingerprint density at radius 1 is 1.00 bits per heavy atom. The van der Waals surface area contributed by atoms with Gasteiger partial charge in [0.2, 0.25) is 0 Å². The van der Waals surface area contributed by atoms with Crippen molar-refractivity contribution in [3.8, 4) is 22.6 Å². The third-order valence-corrected chi connectivity index (χ3v) is 3.28. The molecule has 6 heteroatoms. The van der Waals surface area contributed by atoms with E-state index in [4.69, 9.17) is 4.74 Å². The quantitative estimate of drug-likeness (QED) is 0.728. The van der Waals surface area contributed by atoms with Crippen LogP contribution in [-0.2, 0) is 0 Å². The fourth-order valence-corrected chi connectivity index (χ4v) is 2.11. The molecule has 0 aliphatic heterocycles. The Labute approximate surface area is 159 Å². The number of halogens is 1. The first-order valence-electron chi connectivity index (χ1n) is 6.99. The Balaban J connectivity index is 0.00000242. The van der Waals surface area contributed by atoms with Crippen molar-refractivity contribution >= 4 is 29.1 Å². The third-order valence-electron chi connectivity index (χ3n) is 3.28. The van der Waals surface area contributed by atoms with Gasteiger partial charge >= 0.3 is 29.1 Å². The van der Waals surface area contributed by atoms with E-state index in [2.05, 4.69) is 0 Å². The maximum absolute atomic E-state index is 12.1. The van der Waals surface area contributed by atoms with Gasteiger partial charge in [0.05, 0.1) is 0 Å². The average Bonchev–Trinajstić information content (AvgIpc) is 2.50. The summed E-state index contributed by atoms with van der Waals surface area (Å²) in [4.78, 5) is 13.7. The predicted molar refractivity (Wildman–Crippen MR) is 86.0 cm³/mol. The van der Waals surface area contributed by atoms with Crippen molar-refractivity contribution in [2.24, 2.45) is 0 Å². The van der Waals surface area contributed by atoms with Gasteiger partial charge in [-0.15, -0.1) is 5.75 Å². The van der Waals surface area contributed by atoms with Crippen LogP contribution in [0.3, 0.4) is 0 Å². The molecule has 0 aliphatic rings. The summed E-state index contributed by atoms with van der Waals surface area (Å²) < 4.78 is 5.45. The zero-order valence-electron chi connectivity index (χ0n) is 13.3. The number of ether oxygens (including phenoxy) is 1. The van der Waals surface area contributed by atoms with Crippen molar-refractivity contribution in [2.75, 3.05) is 13.1 Å². The summed E-state index contributed by atoms with van der Waals surface area (Å²) in [6.07, 6.45) is -0.407. The average molecular weight is 344 g/mol. The first-order chi connectivity index (χ1) is 10.2. The fourth-order valence-electron chi connectivity index (χ4n) is 2.11. The minimum atomic E-state index is -0.407. The zero-order valence-corrected chi connectivity index (χ0v) is 15.5. The second-order valence-electron chi connectivity index (χ2n) is 4.53. The number of rotatable bonds is 4. The standard InChI is InChI=1S/C17H19NO3.ClH.Mg/c1-3-18(4-2)17(20)21-16-12-8-6-10-14(16)13-9-5-7-11-15(13)19;;/h5-12,19H,3-4H2,1-2H3;1H;/q;;+2/p-2. The molecule has 2 aromatic rings. The van der Waals surface area contributed by atoms with Crippen LogP contribution < -0.4 is 22.3 Å². The van der Waals surface area contributed by atoms with Gasteiger partial charge in [-0.05, 0) is 25.5 Å². The Kier molecular flexibility index (Phi) is 9.72. The monoisotopic (exact) mass is 343 g/mol. The van der Waals surface area contributed by atoms with Crippen LogP contribution in [0.1, 0.15) is 13.8 Å². The molecule has 4 nitrogen and oxygen atoms in total. The van der Waals surface area contributed by atoms with E-state index in [9.17, 15) is 9.90 Å². The van der Waals surface area contributed by atoms with Gasteiger partial charge in [-0.3, -0.25) is 0 Å². The molecule has 2 aromatic carbocycles. The first kappa shape index (κ1) is 21.6. The molecule has 0 bridgehead atoms. The molecular weight excluding hydrogens is 326 g/mol. The topological polar surface area (TPSA) is 52.6 Å². The van der Waals surface area contributed by atoms with Crippen molar-refractivity contribution in [1.29, 1.82) is 0 Å². The number of hydrogen-bond acceptors (Lipinski definition) is 3. The number of carbonyl (C=O) groups excluding carboxylic acids is 1. The molecule has 0 spiro atoms. The normalized spacial score (nSPS) is 9.30. The number of hydrogen-bond donors (Lipinski definition) is 0. The Morgan fingerprint density at radius 3 is 2.09 bits per heavy atom. The second-order valence-corrected chi connectivity index (χ2v) is 4.53. The van der Waals surface area contributed by atoms with Crippen LogP contribution in [0.4, 0.5) is 4.79 Å². The number of carbonyl (C=O) groups is 1. The molecule has 0 saturated heterocycles. The molecule has 0 N–H and O–H groups in total.